The summed E-state index contributed by atoms with van der Waals surface area (Å²) < 4.78 is 1.81. The third-order valence-electron chi connectivity index (χ3n) is 3.17. The van der Waals surface area contributed by atoms with Gasteiger partial charge in [-0.1, -0.05) is 12.1 Å². The van der Waals surface area contributed by atoms with Gasteiger partial charge < -0.3 is 10.6 Å². The van der Waals surface area contributed by atoms with Crippen LogP contribution in [0.2, 0.25) is 0 Å². The molecule has 0 aliphatic carbocycles. The zero-order chi connectivity index (χ0) is 15.2. The zero-order valence-electron chi connectivity index (χ0n) is 12.3. The Hall–Kier alpha value is -2.37. The predicted octanol–water partition coefficient (Wildman–Crippen LogP) is 0.987. The highest BCUT2D eigenvalue weighted by Crippen LogP contribution is 2.15. The lowest BCUT2D eigenvalue weighted by molar-refractivity contribution is -0.126. The Morgan fingerprint density at radius 1 is 1.24 bits per heavy atom. The number of rotatable bonds is 6. The molecule has 2 rings (SSSR count). The highest BCUT2D eigenvalue weighted by Gasteiger charge is 2.07. The third-order valence-corrected chi connectivity index (χ3v) is 3.17. The molecule has 2 amide bonds. The lowest BCUT2D eigenvalue weighted by Crippen LogP contribution is -2.37. The molecule has 2 aromatic rings. The number of fused-ring (bicyclic) bond motifs is 1. The average molecular weight is 288 g/mol. The van der Waals surface area contributed by atoms with Crippen LogP contribution in [0.1, 0.15) is 18.9 Å². The van der Waals surface area contributed by atoms with Gasteiger partial charge in [0.15, 0.2) is 0 Å². The molecule has 112 valence electrons. The van der Waals surface area contributed by atoms with Crippen LogP contribution in [0.25, 0.3) is 10.9 Å². The summed E-state index contributed by atoms with van der Waals surface area (Å²) in [6, 6.07) is 6.10. The molecule has 0 aliphatic heterocycles. The van der Waals surface area contributed by atoms with Crippen LogP contribution in [0.15, 0.2) is 24.4 Å². The largest absolute Gasteiger partial charge is 0.355 e. The normalized spacial score (nSPS) is 10.6. The summed E-state index contributed by atoms with van der Waals surface area (Å²) in [4.78, 5) is 23.0. The fourth-order valence-corrected chi connectivity index (χ4v) is 2.09. The first-order chi connectivity index (χ1) is 10.1. The van der Waals surface area contributed by atoms with Crippen molar-refractivity contribution in [3.05, 3.63) is 30.0 Å². The number of carbonyl (C=O) groups excluding carboxylic acids is 2. The minimum absolute atomic E-state index is 0.0195. The fourth-order valence-electron chi connectivity index (χ4n) is 2.09. The van der Waals surface area contributed by atoms with E-state index in [9.17, 15) is 9.59 Å². The van der Waals surface area contributed by atoms with E-state index in [-0.39, 0.29) is 18.4 Å². The number of carbonyl (C=O) groups is 2. The number of hydrogen-bond acceptors (Lipinski definition) is 3. The third kappa shape index (κ3) is 4.05. The molecule has 0 unspecified atom stereocenters. The van der Waals surface area contributed by atoms with Crippen LogP contribution < -0.4 is 10.6 Å². The minimum atomic E-state index is -0.175. The summed E-state index contributed by atoms with van der Waals surface area (Å²) in [5, 5.41) is 10.6. The molecule has 0 bridgehead atoms. The maximum atomic E-state index is 11.7. The lowest BCUT2D eigenvalue weighted by atomic mass is 10.2. The molecule has 21 heavy (non-hydrogen) atoms. The number of likely N-dealkylation sites (N-methyl/N-ethyl adjacent to an activating group) is 1. The van der Waals surface area contributed by atoms with Gasteiger partial charge in [-0.3, -0.25) is 14.3 Å². The smallest absolute Gasteiger partial charge is 0.239 e. The van der Waals surface area contributed by atoms with Crippen LogP contribution in [0.5, 0.6) is 0 Å². The number of aromatic nitrogens is 2. The van der Waals surface area contributed by atoms with E-state index >= 15 is 0 Å². The topological polar surface area (TPSA) is 76.0 Å². The van der Waals surface area contributed by atoms with Crippen molar-refractivity contribution in [2.75, 3.05) is 13.1 Å². The lowest BCUT2D eigenvalue weighted by Gasteiger charge is -2.06. The number of hydrogen-bond donors (Lipinski definition) is 2. The molecule has 1 aromatic carbocycles. The van der Waals surface area contributed by atoms with E-state index in [0.29, 0.717) is 19.5 Å². The molecule has 0 saturated carbocycles. The van der Waals surface area contributed by atoms with Gasteiger partial charge in [0.1, 0.15) is 0 Å². The van der Waals surface area contributed by atoms with Crippen molar-refractivity contribution in [3.8, 4) is 0 Å². The maximum absolute atomic E-state index is 11.7. The SMILES string of the molecule is CCNC(=O)CNC(=O)CCn1ncc2ccc(C)cc21. The molecule has 1 aromatic heterocycles. The van der Waals surface area contributed by atoms with Gasteiger partial charge >= 0.3 is 0 Å². The summed E-state index contributed by atoms with van der Waals surface area (Å²) >= 11 is 0. The van der Waals surface area contributed by atoms with E-state index < -0.39 is 0 Å². The van der Waals surface area contributed by atoms with Crippen LogP contribution in [-0.2, 0) is 16.1 Å². The first-order valence-electron chi connectivity index (χ1n) is 7.05. The van der Waals surface area contributed by atoms with Crippen LogP contribution in [0, 0.1) is 6.92 Å². The number of amides is 2. The van der Waals surface area contributed by atoms with Crippen molar-refractivity contribution in [2.24, 2.45) is 0 Å². The second-order valence-corrected chi connectivity index (χ2v) is 4.91. The standard InChI is InChI=1S/C15H20N4O2/c1-3-16-15(21)10-17-14(20)6-7-19-13-8-11(2)4-5-12(13)9-18-19/h4-5,8-9H,3,6-7,10H2,1-2H3,(H,16,21)(H,17,20). The van der Waals surface area contributed by atoms with E-state index in [1.807, 2.05) is 30.7 Å². The molecule has 6 heteroatoms. The zero-order valence-corrected chi connectivity index (χ0v) is 12.3. The first-order valence-corrected chi connectivity index (χ1v) is 7.05. The molecular formula is C15H20N4O2. The Morgan fingerprint density at radius 3 is 2.81 bits per heavy atom. The van der Waals surface area contributed by atoms with E-state index in [4.69, 9.17) is 0 Å². The number of benzene rings is 1. The summed E-state index contributed by atoms with van der Waals surface area (Å²) in [6.45, 7) is 4.94. The average Bonchev–Trinajstić information content (AvgIpc) is 2.85. The van der Waals surface area contributed by atoms with E-state index in [1.165, 1.54) is 0 Å². The highest BCUT2D eigenvalue weighted by molar-refractivity contribution is 5.84. The maximum Gasteiger partial charge on any atom is 0.239 e. The van der Waals surface area contributed by atoms with Crippen molar-refractivity contribution in [1.82, 2.24) is 20.4 Å². The van der Waals surface area contributed by atoms with Gasteiger partial charge in [-0.25, -0.2) is 0 Å². The van der Waals surface area contributed by atoms with Gasteiger partial charge in [-0.2, -0.15) is 5.10 Å². The number of nitrogens with zero attached hydrogens (tertiary/aromatic N) is 2. The summed E-state index contributed by atoms with van der Waals surface area (Å²) in [6.07, 6.45) is 2.09. The Kier molecular flexibility index (Phi) is 4.92. The predicted molar refractivity (Wildman–Crippen MR) is 80.8 cm³/mol. The van der Waals surface area contributed by atoms with Gasteiger partial charge in [0.25, 0.3) is 0 Å². The molecule has 1 heterocycles. The first kappa shape index (κ1) is 15.0. The molecule has 0 radical (unpaired) electrons. The van der Waals surface area contributed by atoms with E-state index in [0.717, 1.165) is 16.5 Å². The second-order valence-electron chi connectivity index (χ2n) is 4.91. The highest BCUT2D eigenvalue weighted by atomic mass is 16.2. The molecule has 0 saturated heterocycles. The quantitative estimate of drug-likeness (QED) is 0.832. The van der Waals surface area contributed by atoms with Crippen LogP contribution >= 0.6 is 0 Å². The Balaban J connectivity index is 1.88. The molecule has 6 nitrogen and oxygen atoms in total. The number of aryl methyl sites for hydroxylation is 2. The molecule has 0 atom stereocenters. The summed E-state index contributed by atoms with van der Waals surface area (Å²) in [5.74, 6) is -0.330. The van der Waals surface area contributed by atoms with Gasteiger partial charge in [0.2, 0.25) is 11.8 Å². The van der Waals surface area contributed by atoms with Crippen molar-refractivity contribution < 1.29 is 9.59 Å². The number of nitrogens with one attached hydrogen (secondary N) is 2. The van der Waals surface area contributed by atoms with Gasteiger partial charge in [0.05, 0.1) is 24.8 Å². The monoisotopic (exact) mass is 288 g/mol. The van der Waals surface area contributed by atoms with Crippen molar-refractivity contribution >= 4 is 22.7 Å². The fraction of sp³-hybridized carbons (Fsp3) is 0.400. The molecule has 0 aliphatic rings. The Labute approximate surface area is 123 Å². The van der Waals surface area contributed by atoms with Crippen LogP contribution in [0.3, 0.4) is 0 Å². The molecule has 0 spiro atoms. The Bertz CT molecular complexity index is 648. The van der Waals surface area contributed by atoms with Crippen LogP contribution in [0.4, 0.5) is 0 Å². The van der Waals surface area contributed by atoms with Crippen LogP contribution in [-0.4, -0.2) is 34.7 Å². The molecule has 2 N–H and O–H groups in total. The molecule has 0 fully saturated rings. The van der Waals surface area contributed by atoms with Crippen molar-refractivity contribution in [2.45, 2.75) is 26.8 Å². The van der Waals surface area contributed by atoms with Gasteiger partial charge in [-0.15, -0.1) is 0 Å². The Morgan fingerprint density at radius 2 is 2.05 bits per heavy atom. The van der Waals surface area contributed by atoms with E-state index in [2.05, 4.69) is 21.8 Å². The molecular weight excluding hydrogens is 268 g/mol. The van der Waals surface area contributed by atoms with Gasteiger partial charge in [0, 0.05) is 18.4 Å². The minimum Gasteiger partial charge on any atom is -0.355 e. The van der Waals surface area contributed by atoms with Crippen molar-refractivity contribution in [3.63, 3.8) is 0 Å². The second kappa shape index (κ2) is 6.88. The summed E-state index contributed by atoms with van der Waals surface area (Å²) in [5.41, 5.74) is 2.18. The summed E-state index contributed by atoms with van der Waals surface area (Å²) in [7, 11) is 0. The van der Waals surface area contributed by atoms with E-state index in [1.54, 1.807) is 6.20 Å². The van der Waals surface area contributed by atoms with Crippen molar-refractivity contribution in [1.29, 1.82) is 0 Å². The van der Waals surface area contributed by atoms with Gasteiger partial charge in [-0.05, 0) is 25.5 Å².